The standard InChI is InChI=1S/C13H14FN3/c1-9-3-4-11(7-13(9)14)16-8-12-5-6-15-10(2)17-12/h3-7,16H,8H2,1-2H3. The molecule has 0 radical (unpaired) electrons. The number of aromatic nitrogens is 2. The summed E-state index contributed by atoms with van der Waals surface area (Å²) in [6.45, 7) is 4.15. The van der Waals surface area contributed by atoms with Crippen LogP contribution in [-0.4, -0.2) is 9.97 Å². The van der Waals surface area contributed by atoms with Gasteiger partial charge >= 0.3 is 0 Å². The first kappa shape index (κ1) is 11.5. The minimum absolute atomic E-state index is 0.200. The van der Waals surface area contributed by atoms with Crippen LogP contribution in [0, 0.1) is 19.7 Å². The van der Waals surface area contributed by atoms with Crippen molar-refractivity contribution in [3.63, 3.8) is 0 Å². The highest BCUT2D eigenvalue weighted by Gasteiger charge is 2.00. The molecule has 0 atom stereocenters. The molecule has 0 unspecified atom stereocenters. The van der Waals surface area contributed by atoms with Gasteiger partial charge in [0.25, 0.3) is 0 Å². The monoisotopic (exact) mass is 231 g/mol. The van der Waals surface area contributed by atoms with Crippen molar-refractivity contribution in [2.75, 3.05) is 5.32 Å². The summed E-state index contributed by atoms with van der Waals surface area (Å²) in [5, 5.41) is 3.13. The Morgan fingerprint density at radius 2 is 2.06 bits per heavy atom. The van der Waals surface area contributed by atoms with Crippen molar-refractivity contribution in [2.45, 2.75) is 20.4 Å². The third-order valence-electron chi connectivity index (χ3n) is 2.48. The summed E-state index contributed by atoms with van der Waals surface area (Å²) in [5.74, 6) is 0.535. The van der Waals surface area contributed by atoms with Gasteiger partial charge in [0.15, 0.2) is 0 Å². The van der Waals surface area contributed by atoms with E-state index in [1.807, 2.05) is 19.1 Å². The fourth-order valence-electron chi connectivity index (χ4n) is 1.50. The van der Waals surface area contributed by atoms with Gasteiger partial charge in [-0.15, -0.1) is 0 Å². The first-order chi connectivity index (χ1) is 8.15. The number of aryl methyl sites for hydroxylation is 2. The zero-order valence-electron chi connectivity index (χ0n) is 9.87. The van der Waals surface area contributed by atoms with Crippen molar-refractivity contribution in [3.8, 4) is 0 Å². The van der Waals surface area contributed by atoms with Gasteiger partial charge in [0, 0.05) is 11.9 Å². The number of hydrogen-bond acceptors (Lipinski definition) is 3. The molecule has 0 aliphatic carbocycles. The minimum Gasteiger partial charge on any atom is -0.379 e. The van der Waals surface area contributed by atoms with E-state index >= 15 is 0 Å². The highest BCUT2D eigenvalue weighted by atomic mass is 19.1. The van der Waals surface area contributed by atoms with E-state index in [4.69, 9.17) is 0 Å². The lowest BCUT2D eigenvalue weighted by molar-refractivity contribution is 0.619. The molecule has 17 heavy (non-hydrogen) atoms. The van der Waals surface area contributed by atoms with E-state index in [0.29, 0.717) is 12.1 Å². The van der Waals surface area contributed by atoms with Crippen molar-refractivity contribution in [2.24, 2.45) is 0 Å². The van der Waals surface area contributed by atoms with Gasteiger partial charge in [0.05, 0.1) is 12.2 Å². The predicted molar refractivity (Wildman–Crippen MR) is 65.2 cm³/mol. The molecule has 1 heterocycles. The zero-order valence-corrected chi connectivity index (χ0v) is 9.87. The van der Waals surface area contributed by atoms with Crippen LogP contribution in [0.5, 0.6) is 0 Å². The molecule has 0 aliphatic rings. The van der Waals surface area contributed by atoms with Crippen LogP contribution in [0.4, 0.5) is 10.1 Å². The Morgan fingerprint density at radius 3 is 2.76 bits per heavy atom. The van der Waals surface area contributed by atoms with Gasteiger partial charge in [-0.05, 0) is 37.6 Å². The number of rotatable bonds is 3. The number of benzene rings is 1. The molecule has 88 valence electrons. The Bertz CT molecular complexity index is 526. The van der Waals surface area contributed by atoms with E-state index in [1.165, 1.54) is 6.07 Å². The van der Waals surface area contributed by atoms with E-state index in [0.717, 1.165) is 17.2 Å². The highest BCUT2D eigenvalue weighted by molar-refractivity contribution is 5.45. The SMILES string of the molecule is Cc1nccc(CNc2ccc(C)c(F)c2)n1. The summed E-state index contributed by atoms with van der Waals surface area (Å²) in [7, 11) is 0. The zero-order chi connectivity index (χ0) is 12.3. The van der Waals surface area contributed by atoms with Crippen LogP contribution in [0.15, 0.2) is 30.5 Å². The highest BCUT2D eigenvalue weighted by Crippen LogP contribution is 2.14. The Hall–Kier alpha value is -1.97. The molecule has 0 bridgehead atoms. The number of anilines is 1. The predicted octanol–water partition coefficient (Wildman–Crippen LogP) is 2.84. The normalized spacial score (nSPS) is 10.3. The molecular formula is C13H14FN3. The average molecular weight is 231 g/mol. The summed E-state index contributed by atoms with van der Waals surface area (Å²) < 4.78 is 13.3. The molecule has 2 aromatic rings. The van der Waals surface area contributed by atoms with E-state index in [9.17, 15) is 4.39 Å². The summed E-state index contributed by atoms with van der Waals surface area (Å²) in [4.78, 5) is 8.28. The summed E-state index contributed by atoms with van der Waals surface area (Å²) in [6, 6.07) is 6.93. The molecular weight excluding hydrogens is 217 g/mol. The topological polar surface area (TPSA) is 37.8 Å². The molecule has 0 amide bonds. The average Bonchev–Trinajstić information content (AvgIpc) is 2.31. The molecule has 0 saturated carbocycles. The van der Waals surface area contributed by atoms with Gasteiger partial charge in [0.1, 0.15) is 11.6 Å². The third-order valence-corrected chi connectivity index (χ3v) is 2.48. The van der Waals surface area contributed by atoms with E-state index in [1.54, 1.807) is 19.2 Å². The second kappa shape index (κ2) is 4.91. The number of nitrogens with zero attached hydrogens (tertiary/aromatic N) is 2. The van der Waals surface area contributed by atoms with E-state index in [2.05, 4.69) is 15.3 Å². The number of hydrogen-bond donors (Lipinski definition) is 1. The molecule has 1 N–H and O–H groups in total. The molecule has 0 aliphatic heterocycles. The Labute approximate surface area is 99.7 Å². The molecule has 0 spiro atoms. The van der Waals surface area contributed by atoms with Gasteiger partial charge in [-0.25, -0.2) is 14.4 Å². The van der Waals surface area contributed by atoms with Crippen molar-refractivity contribution < 1.29 is 4.39 Å². The minimum atomic E-state index is -0.200. The van der Waals surface area contributed by atoms with Crippen LogP contribution in [0.3, 0.4) is 0 Å². The Balaban J connectivity index is 2.05. The van der Waals surface area contributed by atoms with Crippen LogP contribution < -0.4 is 5.32 Å². The van der Waals surface area contributed by atoms with E-state index < -0.39 is 0 Å². The second-order valence-electron chi connectivity index (χ2n) is 3.91. The van der Waals surface area contributed by atoms with Crippen LogP contribution in [0.25, 0.3) is 0 Å². The van der Waals surface area contributed by atoms with Crippen LogP contribution >= 0.6 is 0 Å². The molecule has 4 heteroatoms. The lowest BCUT2D eigenvalue weighted by Crippen LogP contribution is -2.03. The Kier molecular flexibility index (Phi) is 3.32. The molecule has 3 nitrogen and oxygen atoms in total. The summed E-state index contributed by atoms with van der Waals surface area (Å²) >= 11 is 0. The van der Waals surface area contributed by atoms with Crippen molar-refractivity contribution in [1.82, 2.24) is 9.97 Å². The van der Waals surface area contributed by atoms with Crippen molar-refractivity contribution in [1.29, 1.82) is 0 Å². The maximum absolute atomic E-state index is 13.3. The Morgan fingerprint density at radius 1 is 1.24 bits per heavy atom. The molecule has 1 aromatic carbocycles. The van der Waals surface area contributed by atoms with E-state index in [-0.39, 0.29) is 5.82 Å². The van der Waals surface area contributed by atoms with Gasteiger partial charge in [0.2, 0.25) is 0 Å². The second-order valence-corrected chi connectivity index (χ2v) is 3.91. The number of nitrogens with one attached hydrogen (secondary N) is 1. The summed E-state index contributed by atoms with van der Waals surface area (Å²) in [6.07, 6.45) is 1.72. The van der Waals surface area contributed by atoms with Gasteiger partial charge < -0.3 is 5.32 Å². The smallest absolute Gasteiger partial charge is 0.128 e. The van der Waals surface area contributed by atoms with Crippen molar-refractivity contribution in [3.05, 3.63) is 53.4 Å². The first-order valence-corrected chi connectivity index (χ1v) is 5.44. The van der Waals surface area contributed by atoms with Crippen LogP contribution in [0.1, 0.15) is 17.1 Å². The lowest BCUT2D eigenvalue weighted by Gasteiger charge is -2.07. The maximum Gasteiger partial charge on any atom is 0.128 e. The molecule has 1 aromatic heterocycles. The number of halogens is 1. The van der Waals surface area contributed by atoms with Crippen molar-refractivity contribution >= 4 is 5.69 Å². The first-order valence-electron chi connectivity index (χ1n) is 5.44. The molecule has 0 saturated heterocycles. The fourth-order valence-corrected chi connectivity index (χ4v) is 1.50. The third kappa shape index (κ3) is 3.00. The van der Waals surface area contributed by atoms with Gasteiger partial charge in [-0.3, -0.25) is 0 Å². The maximum atomic E-state index is 13.3. The quantitative estimate of drug-likeness (QED) is 0.882. The van der Waals surface area contributed by atoms with Gasteiger partial charge in [-0.1, -0.05) is 6.07 Å². The lowest BCUT2D eigenvalue weighted by atomic mass is 10.2. The van der Waals surface area contributed by atoms with Crippen LogP contribution in [0.2, 0.25) is 0 Å². The summed E-state index contributed by atoms with van der Waals surface area (Å²) in [5.41, 5.74) is 2.29. The van der Waals surface area contributed by atoms with Gasteiger partial charge in [-0.2, -0.15) is 0 Å². The van der Waals surface area contributed by atoms with Crippen LogP contribution in [-0.2, 0) is 6.54 Å². The molecule has 2 rings (SSSR count). The molecule has 0 fully saturated rings. The fraction of sp³-hybridized carbons (Fsp3) is 0.231. The largest absolute Gasteiger partial charge is 0.379 e.